The van der Waals surface area contributed by atoms with Crippen LogP contribution in [0.3, 0.4) is 0 Å². The molecule has 0 radical (unpaired) electrons. The monoisotopic (exact) mass is 395 g/mol. The Labute approximate surface area is 160 Å². The Bertz CT molecular complexity index is 929. The molecule has 144 valence electrons. The molecular formula is C19H20ClF2N3O2. The van der Waals surface area contributed by atoms with Crippen LogP contribution >= 0.6 is 11.6 Å². The van der Waals surface area contributed by atoms with Gasteiger partial charge in [0.25, 0.3) is 11.8 Å². The summed E-state index contributed by atoms with van der Waals surface area (Å²) in [4.78, 5) is 29.7. The summed E-state index contributed by atoms with van der Waals surface area (Å²) in [6, 6.07) is 6.17. The van der Waals surface area contributed by atoms with Gasteiger partial charge in [-0.15, -0.1) is 0 Å². The van der Waals surface area contributed by atoms with E-state index in [0.29, 0.717) is 30.1 Å². The van der Waals surface area contributed by atoms with Crippen molar-refractivity contribution in [2.24, 2.45) is 5.41 Å². The van der Waals surface area contributed by atoms with Gasteiger partial charge in [0, 0.05) is 35.4 Å². The number of fused-ring (bicyclic) bond motifs is 1. The van der Waals surface area contributed by atoms with Gasteiger partial charge in [0.15, 0.2) is 0 Å². The summed E-state index contributed by atoms with van der Waals surface area (Å²) in [6.45, 7) is 2.16. The van der Waals surface area contributed by atoms with E-state index in [1.807, 2.05) is 0 Å². The van der Waals surface area contributed by atoms with Gasteiger partial charge in [-0.05, 0) is 37.1 Å². The third-order valence-corrected chi connectivity index (χ3v) is 5.95. The van der Waals surface area contributed by atoms with Gasteiger partial charge in [-0.25, -0.2) is 8.78 Å². The molecule has 27 heavy (non-hydrogen) atoms. The number of nitrogens with one attached hydrogen (secondary N) is 2. The lowest BCUT2D eigenvalue weighted by Gasteiger charge is -2.23. The van der Waals surface area contributed by atoms with E-state index in [4.69, 9.17) is 11.6 Å². The van der Waals surface area contributed by atoms with Crippen molar-refractivity contribution < 1.29 is 18.4 Å². The summed E-state index contributed by atoms with van der Waals surface area (Å²) in [5, 5.41) is 4.08. The topological polar surface area (TPSA) is 65.2 Å². The van der Waals surface area contributed by atoms with Gasteiger partial charge in [-0.1, -0.05) is 18.5 Å². The van der Waals surface area contributed by atoms with Gasteiger partial charge in [0.1, 0.15) is 11.7 Å². The fourth-order valence-corrected chi connectivity index (χ4v) is 4.09. The minimum atomic E-state index is -2.67. The summed E-state index contributed by atoms with van der Waals surface area (Å²) < 4.78 is 27.1. The standard InChI is InChI=1S/C19H20ClF2N3O2/c1-2-13(17(27)25-6-5-18(10-25)9-19(18,21)22)24-16(26)15-8-11-7-12(20)3-4-14(11)23-15/h3-4,7-8,13,23H,2,5-6,9-10H2,1H3,(H,24,26)/t13-,18-/m1/s1. The number of aromatic amines is 1. The molecule has 1 aromatic carbocycles. The second-order valence-corrected chi connectivity index (χ2v) is 7.96. The van der Waals surface area contributed by atoms with Gasteiger partial charge in [0.2, 0.25) is 5.91 Å². The number of likely N-dealkylation sites (tertiary alicyclic amines) is 1. The Kier molecular flexibility index (Phi) is 4.18. The number of H-pyrrole nitrogens is 1. The van der Waals surface area contributed by atoms with Crippen LogP contribution in [-0.2, 0) is 4.79 Å². The Morgan fingerprint density at radius 2 is 2.11 bits per heavy atom. The third kappa shape index (κ3) is 3.08. The number of rotatable bonds is 4. The van der Waals surface area contributed by atoms with Crippen molar-refractivity contribution in [2.45, 2.75) is 38.2 Å². The summed E-state index contributed by atoms with van der Waals surface area (Å²) in [5.41, 5.74) is 0.0491. The number of aromatic nitrogens is 1. The largest absolute Gasteiger partial charge is 0.351 e. The predicted octanol–water partition coefficient (Wildman–Crippen LogP) is 3.59. The summed E-state index contributed by atoms with van der Waals surface area (Å²) in [6.07, 6.45) is 0.556. The van der Waals surface area contributed by atoms with E-state index in [2.05, 4.69) is 10.3 Å². The van der Waals surface area contributed by atoms with E-state index in [-0.39, 0.29) is 18.9 Å². The van der Waals surface area contributed by atoms with Gasteiger partial charge >= 0.3 is 0 Å². The molecule has 2 aliphatic rings. The predicted molar refractivity (Wildman–Crippen MR) is 98.0 cm³/mol. The van der Waals surface area contributed by atoms with Crippen LogP contribution in [0.1, 0.15) is 36.7 Å². The Hall–Kier alpha value is -2.15. The number of carbonyl (C=O) groups is 2. The highest BCUT2D eigenvalue weighted by molar-refractivity contribution is 6.31. The molecule has 0 bridgehead atoms. The Morgan fingerprint density at radius 3 is 2.74 bits per heavy atom. The van der Waals surface area contributed by atoms with E-state index < -0.39 is 23.3 Å². The lowest BCUT2D eigenvalue weighted by Crippen LogP contribution is -2.47. The van der Waals surface area contributed by atoms with Crippen LogP contribution in [0.5, 0.6) is 0 Å². The molecule has 1 aromatic heterocycles. The van der Waals surface area contributed by atoms with Gasteiger partial charge in [-0.3, -0.25) is 9.59 Å². The third-order valence-electron chi connectivity index (χ3n) is 5.72. The van der Waals surface area contributed by atoms with E-state index in [1.165, 1.54) is 4.90 Å². The number of benzene rings is 1. The van der Waals surface area contributed by atoms with Crippen LogP contribution < -0.4 is 5.32 Å². The number of halogens is 3. The quantitative estimate of drug-likeness (QED) is 0.830. The maximum absolute atomic E-state index is 13.6. The number of amides is 2. The Balaban J connectivity index is 1.45. The first-order valence-electron chi connectivity index (χ1n) is 9.00. The summed E-state index contributed by atoms with van der Waals surface area (Å²) in [7, 11) is 0. The van der Waals surface area contributed by atoms with E-state index >= 15 is 0 Å². The molecule has 1 spiro atoms. The lowest BCUT2D eigenvalue weighted by atomic mass is 10.1. The van der Waals surface area contributed by atoms with E-state index in [0.717, 1.165) is 10.9 Å². The normalized spacial score (nSPS) is 24.4. The highest BCUT2D eigenvalue weighted by atomic mass is 35.5. The fourth-order valence-electron chi connectivity index (χ4n) is 3.90. The van der Waals surface area contributed by atoms with Crippen molar-refractivity contribution in [3.63, 3.8) is 0 Å². The zero-order chi connectivity index (χ0) is 19.4. The smallest absolute Gasteiger partial charge is 0.268 e. The Morgan fingerprint density at radius 1 is 1.37 bits per heavy atom. The molecule has 1 aliphatic carbocycles. The highest BCUT2D eigenvalue weighted by Gasteiger charge is 2.73. The maximum Gasteiger partial charge on any atom is 0.268 e. The van der Waals surface area contributed by atoms with Gasteiger partial charge in [-0.2, -0.15) is 0 Å². The molecule has 4 rings (SSSR count). The van der Waals surface area contributed by atoms with Crippen LogP contribution in [0.15, 0.2) is 24.3 Å². The first-order chi connectivity index (χ1) is 12.7. The number of nitrogens with zero attached hydrogens (tertiary/aromatic N) is 1. The van der Waals surface area contributed by atoms with Crippen molar-refractivity contribution in [3.8, 4) is 0 Å². The molecule has 2 N–H and O–H groups in total. The molecule has 5 nitrogen and oxygen atoms in total. The zero-order valence-electron chi connectivity index (χ0n) is 14.8. The van der Waals surface area contributed by atoms with Gasteiger partial charge < -0.3 is 15.2 Å². The van der Waals surface area contributed by atoms with Crippen LogP contribution in [0, 0.1) is 5.41 Å². The van der Waals surface area contributed by atoms with E-state index in [9.17, 15) is 18.4 Å². The molecule has 2 heterocycles. The minimum absolute atomic E-state index is 0.0656. The molecule has 1 aliphatic heterocycles. The summed E-state index contributed by atoms with van der Waals surface area (Å²) >= 11 is 5.96. The maximum atomic E-state index is 13.6. The second-order valence-electron chi connectivity index (χ2n) is 7.52. The minimum Gasteiger partial charge on any atom is -0.351 e. The molecule has 2 amide bonds. The van der Waals surface area contributed by atoms with Crippen molar-refractivity contribution in [1.82, 2.24) is 15.2 Å². The van der Waals surface area contributed by atoms with Crippen LogP contribution in [0.2, 0.25) is 5.02 Å². The summed E-state index contributed by atoms with van der Waals surface area (Å²) in [5.74, 6) is -3.38. The molecule has 2 aromatic rings. The van der Waals surface area contributed by atoms with Crippen molar-refractivity contribution in [2.75, 3.05) is 13.1 Å². The fraction of sp³-hybridized carbons (Fsp3) is 0.474. The number of hydrogen-bond donors (Lipinski definition) is 2. The lowest BCUT2D eigenvalue weighted by molar-refractivity contribution is -0.132. The molecule has 1 saturated heterocycles. The average Bonchev–Trinajstić information content (AvgIpc) is 3.01. The SMILES string of the molecule is CC[C@@H](NC(=O)c1cc2cc(Cl)ccc2[nH]1)C(=O)N1CC[C@]2(C1)CC2(F)F. The highest BCUT2D eigenvalue weighted by Crippen LogP contribution is 2.65. The second kappa shape index (κ2) is 6.19. The molecule has 2 fully saturated rings. The first kappa shape index (κ1) is 18.2. The number of carbonyl (C=O) groups excluding carboxylic acids is 2. The van der Waals surface area contributed by atoms with Crippen molar-refractivity contribution in [3.05, 3.63) is 35.0 Å². The first-order valence-corrected chi connectivity index (χ1v) is 9.38. The number of hydrogen-bond acceptors (Lipinski definition) is 2. The van der Waals surface area contributed by atoms with Crippen molar-refractivity contribution in [1.29, 1.82) is 0 Å². The molecule has 0 unspecified atom stereocenters. The molecule has 2 atom stereocenters. The number of alkyl halides is 2. The van der Waals surface area contributed by atoms with Crippen LogP contribution in [0.25, 0.3) is 10.9 Å². The average molecular weight is 396 g/mol. The molecule has 1 saturated carbocycles. The van der Waals surface area contributed by atoms with Crippen LogP contribution in [0.4, 0.5) is 8.78 Å². The zero-order valence-corrected chi connectivity index (χ0v) is 15.6. The molecule has 8 heteroatoms. The van der Waals surface area contributed by atoms with Crippen LogP contribution in [-0.4, -0.2) is 46.8 Å². The van der Waals surface area contributed by atoms with E-state index in [1.54, 1.807) is 31.2 Å². The molecular weight excluding hydrogens is 376 g/mol. The van der Waals surface area contributed by atoms with Crippen molar-refractivity contribution >= 4 is 34.3 Å². The van der Waals surface area contributed by atoms with Gasteiger partial charge in [0.05, 0.1) is 5.41 Å².